The number of amides is 1. The van der Waals surface area contributed by atoms with Gasteiger partial charge < -0.3 is 16.8 Å². The van der Waals surface area contributed by atoms with Crippen LogP contribution >= 0.6 is 0 Å². The van der Waals surface area contributed by atoms with Crippen molar-refractivity contribution in [3.05, 3.63) is 29.8 Å². The summed E-state index contributed by atoms with van der Waals surface area (Å²) >= 11 is 0. The van der Waals surface area contributed by atoms with Crippen molar-refractivity contribution in [2.24, 2.45) is 17.4 Å². The van der Waals surface area contributed by atoms with Crippen molar-refractivity contribution in [1.82, 2.24) is 0 Å². The average Bonchev–Trinajstić information content (AvgIpc) is 2.28. The number of nitrogens with two attached hydrogens (primary N) is 2. The highest BCUT2D eigenvalue weighted by Gasteiger charge is 2.12. The maximum atomic E-state index is 11.3. The van der Waals surface area contributed by atoms with Crippen LogP contribution < -0.4 is 16.8 Å². The molecule has 1 unspecified atom stereocenters. The number of para-hydroxylation sites is 1. The van der Waals surface area contributed by atoms with Gasteiger partial charge in [0.2, 0.25) is 0 Å². The van der Waals surface area contributed by atoms with Gasteiger partial charge in [0.05, 0.1) is 5.56 Å². The van der Waals surface area contributed by atoms with Crippen LogP contribution in [0.3, 0.4) is 0 Å². The zero-order valence-electron chi connectivity index (χ0n) is 10.4. The fraction of sp³-hybridized carbons (Fsp3) is 0.462. The summed E-state index contributed by atoms with van der Waals surface area (Å²) in [6.45, 7) is 4.82. The zero-order chi connectivity index (χ0) is 12.8. The minimum absolute atomic E-state index is 0.162. The van der Waals surface area contributed by atoms with Gasteiger partial charge in [-0.3, -0.25) is 4.79 Å². The summed E-state index contributed by atoms with van der Waals surface area (Å²) in [5.41, 5.74) is 12.3. The normalized spacial score (nSPS) is 12.5. The molecule has 4 nitrogen and oxygen atoms in total. The molecule has 94 valence electrons. The Morgan fingerprint density at radius 3 is 2.53 bits per heavy atom. The van der Waals surface area contributed by atoms with Crippen LogP contribution in [0.15, 0.2) is 24.3 Å². The molecule has 1 aromatic carbocycles. The highest BCUT2D eigenvalue weighted by atomic mass is 16.1. The van der Waals surface area contributed by atoms with E-state index in [1.165, 1.54) is 0 Å². The zero-order valence-corrected chi connectivity index (χ0v) is 10.4. The van der Waals surface area contributed by atoms with Gasteiger partial charge in [0, 0.05) is 18.3 Å². The first-order chi connectivity index (χ1) is 8.04. The van der Waals surface area contributed by atoms with Gasteiger partial charge in [0.1, 0.15) is 0 Å². The van der Waals surface area contributed by atoms with Crippen molar-refractivity contribution in [3.8, 4) is 0 Å². The first-order valence-corrected chi connectivity index (χ1v) is 5.90. The summed E-state index contributed by atoms with van der Waals surface area (Å²) in [7, 11) is 0. The first kappa shape index (κ1) is 13.5. The second kappa shape index (κ2) is 6.25. The van der Waals surface area contributed by atoms with Gasteiger partial charge in [-0.05, 0) is 24.5 Å². The Hall–Kier alpha value is -1.55. The second-order valence-corrected chi connectivity index (χ2v) is 4.62. The quantitative estimate of drug-likeness (QED) is 0.700. The van der Waals surface area contributed by atoms with Gasteiger partial charge in [-0.2, -0.15) is 0 Å². The van der Waals surface area contributed by atoms with E-state index in [-0.39, 0.29) is 6.04 Å². The number of carbonyl (C=O) groups excluding carboxylic acids is 1. The number of hydrogen-bond donors (Lipinski definition) is 3. The SMILES string of the molecule is CC(C)CC(CN)Nc1ccccc1C(N)=O. The highest BCUT2D eigenvalue weighted by molar-refractivity contribution is 5.98. The van der Waals surface area contributed by atoms with E-state index in [4.69, 9.17) is 11.5 Å². The molecule has 0 aliphatic heterocycles. The Kier molecular flexibility index (Phi) is 4.97. The molecule has 1 aromatic rings. The van der Waals surface area contributed by atoms with Crippen molar-refractivity contribution in [2.45, 2.75) is 26.3 Å². The third-order valence-corrected chi connectivity index (χ3v) is 2.59. The Morgan fingerprint density at radius 1 is 1.35 bits per heavy atom. The van der Waals surface area contributed by atoms with Gasteiger partial charge in [0.15, 0.2) is 0 Å². The van der Waals surface area contributed by atoms with Gasteiger partial charge in [-0.25, -0.2) is 0 Å². The van der Waals surface area contributed by atoms with Crippen molar-refractivity contribution in [3.63, 3.8) is 0 Å². The number of hydrogen-bond acceptors (Lipinski definition) is 3. The molecule has 1 rings (SSSR count). The van der Waals surface area contributed by atoms with E-state index in [9.17, 15) is 4.79 Å². The van der Waals surface area contributed by atoms with Gasteiger partial charge >= 0.3 is 0 Å². The second-order valence-electron chi connectivity index (χ2n) is 4.62. The fourth-order valence-corrected chi connectivity index (χ4v) is 1.83. The number of carbonyl (C=O) groups is 1. The Bertz CT molecular complexity index is 377. The topological polar surface area (TPSA) is 81.1 Å². The monoisotopic (exact) mass is 235 g/mol. The van der Waals surface area contributed by atoms with Crippen LogP contribution in [0.5, 0.6) is 0 Å². The number of nitrogens with one attached hydrogen (secondary N) is 1. The molecule has 0 heterocycles. The summed E-state index contributed by atoms with van der Waals surface area (Å²) in [5, 5.41) is 3.28. The number of anilines is 1. The molecule has 1 amide bonds. The first-order valence-electron chi connectivity index (χ1n) is 5.90. The minimum Gasteiger partial charge on any atom is -0.380 e. The molecule has 1 atom stereocenters. The van der Waals surface area contributed by atoms with Crippen LogP contribution in [0.1, 0.15) is 30.6 Å². The van der Waals surface area contributed by atoms with E-state index < -0.39 is 5.91 Å². The number of benzene rings is 1. The van der Waals surface area contributed by atoms with Crippen molar-refractivity contribution in [2.75, 3.05) is 11.9 Å². The minimum atomic E-state index is -0.423. The molecule has 0 spiro atoms. The largest absolute Gasteiger partial charge is 0.380 e. The van der Waals surface area contributed by atoms with Crippen LogP contribution in [-0.2, 0) is 0 Å². The molecule has 0 aliphatic rings. The molecule has 0 fully saturated rings. The molecule has 5 N–H and O–H groups in total. The lowest BCUT2D eigenvalue weighted by Crippen LogP contribution is -2.31. The van der Waals surface area contributed by atoms with E-state index >= 15 is 0 Å². The van der Waals surface area contributed by atoms with Crippen molar-refractivity contribution >= 4 is 11.6 Å². The van der Waals surface area contributed by atoms with E-state index in [1.54, 1.807) is 12.1 Å². The van der Waals surface area contributed by atoms with E-state index in [1.807, 2.05) is 12.1 Å². The van der Waals surface area contributed by atoms with E-state index in [0.717, 1.165) is 12.1 Å². The lowest BCUT2D eigenvalue weighted by Gasteiger charge is -2.21. The molecular weight excluding hydrogens is 214 g/mol. The predicted octanol–water partition coefficient (Wildman–Crippen LogP) is 1.57. The molecule has 0 saturated heterocycles. The van der Waals surface area contributed by atoms with Gasteiger partial charge in [-0.1, -0.05) is 26.0 Å². The molecule has 0 aliphatic carbocycles. The summed E-state index contributed by atoms with van der Waals surface area (Å²) in [4.78, 5) is 11.3. The summed E-state index contributed by atoms with van der Waals surface area (Å²) in [6.07, 6.45) is 0.962. The standard InChI is InChI=1S/C13H21N3O/c1-9(2)7-10(8-14)16-12-6-4-3-5-11(12)13(15)17/h3-6,9-10,16H,7-8,14H2,1-2H3,(H2,15,17). The lowest BCUT2D eigenvalue weighted by atomic mass is 10.0. The molecule has 4 heteroatoms. The molecule has 0 aromatic heterocycles. The number of rotatable bonds is 6. The maximum absolute atomic E-state index is 11.3. The Morgan fingerprint density at radius 2 is 2.00 bits per heavy atom. The third-order valence-electron chi connectivity index (χ3n) is 2.59. The molecule has 0 radical (unpaired) electrons. The van der Waals surface area contributed by atoms with Gasteiger partial charge in [-0.15, -0.1) is 0 Å². The molecule has 17 heavy (non-hydrogen) atoms. The smallest absolute Gasteiger partial charge is 0.250 e. The highest BCUT2D eigenvalue weighted by Crippen LogP contribution is 2.17. The summed E-state index contributed by atoms with van der Waals surface area (Å²) in [5.74, 6) is 0.130. The van der Waals surface area contributed by atoms with E-state index in [0.29, 0.717) is 18.0 Å². The molecule has 0 saturated carbocycles. The van der Waals surface area contributed by atoms with Crippen LogP contribution in [-0.4, -0.2) is 18.5 Å². The number of primary amides is 1. The summed E-state index contributed by atoms with van der Waals surface area (Å²) < 4.78 is 0. The fourth-order valence-electron chi connectivity index (χ4n) is 1.83. The maximum Gasteiger partial charge on any atom is 0.250 e. The van der Waals surface area contributed by atoms with Crippen LogP contribution in [0.25, 0.3) is 0 Å². The van der Waals surface area contributed by atoms with E-state index in [2.05, 4.69) is 19.2 Å². The molecule has 0 bridgehead atoms. The van der Waals surface area contributed by atoms with Crippen LogP contribution in [0.4, 0.5) is 5.69 Å². The molecular formula is C13H21N3O. The van der Waals surface area contributed by atoms with Crippen molar-refractivity contribution < 1.29 is 4.79 Å². The van der Waals surface area contributed by atoms with Crippen LogP contribution in [0.2, 0.25) is 0 Å². The Balaban J connectivity index is 2.82. The van der Waals surface area contributed by atoms with Crippen LogP contribution in [0, 0.1) is 5.92 Å². The third kappa shape index (κ3) is 4.07. The average molecular weight is 235 g/mol. The lowest BCUT2D eigenvalue weighted by molar-refractivity contribution is 0.100. The predicted molar refractivity (Wildman–Crippen MR) is 70.9 cm³/mol. The summed E-state index contributed by atoms with van der Waals surface area (Å²) in [6, 6.07) is 7.40. The Labute approximate surface area is 102 Å². The van der Waals surface area contributed by atoms with Crippen molar-refractivity contribution in [1.29, 1.82) is 0 Å². The van der Waals surface area contributed by atoms with Gasteiger partial charge in [0.25, 0.3) is 5.91 Å².